The van der Waals surface area contributed by atoms with Crippen LogP contribution in [-0.4, -0.2) is 73.2 Å². The van der Waals surface area contributed by atoms with E-state index < -0.39 is 10.0 Å². The number of benzene rings is 3. The second-order valence-electron chi connectivity index (χ2n) is 10.9. The molecular weight excluding hydrogens is 562 g/mol. The monoisotopic (exact) mass is 605 g/mol. The van der Waals surface area contributed by atoms with Crippen LogP contribution in [0, 0.1) is 0 Å². The first-order valence-electron chi connectivity index (χ1n) is 15.2. The van der Waals surface area contributed by atoms with E-state index in [0.717, 1.165) is 24.2 Å². The lowest BCUT2D eigenvalue weighted by atomic mass is 10.0. The Bertz CT molecular complexity index is 1410. The number of amides is 2. The third-order valence-corrected chi connectivity index (χ3v) is 9.60. The molecule has 0 N–H and O–H groups in total. The van der Waals surface area contributed by atoms with E-state index in [0.29, 0.717) is 51.1 Å². The number of piperidine rings is 1. The first kappa shape index (κ1) is 32.2. The number of likely N-dealkylation sites (tertiary alicyclic amines) is 1. The molecule has 2 amide bonds. The maximum absolute atomic E-state index is 13.9. The molecule has 1 aliphatic rings. The quantitative estimate of drug-likeness (QED) is 0.223. The number of sulfonamides is 1. The van der Waals surface area contributed by atoms with Gasteiger partial charge in [-0.2, -0.15) is 4.31 Å². The molecule has 1 saturated heterocycles. The molecule has 0 radical (unpaired) electrons. The van der Waals surface area contributed by atoms with Crippen LogP contribution in [0.3, 0.4) is 0 Å². The Kier molecular flexibility index (Phi) is 11.8. The zero-order valence-electron chi connectivity index (χ0n) is 25.2. The molecule has 0 aromatic heterocycles. The number of nitrogens with zero attached hydrogens (tertiary/aromatic N) is 3. The highest BCUT2D eigenvalue weighted by Gasteiger charge is 2.33. The molecule has 43 heavy (non-hydrogen) atoms. The normalized spacial score (nSPS) is 14.1. The number of rotatable bonds is 14. The van der Waals surface area contributed by atoms with Crippen LogP contribution in [0.5, 0.6) is 5.75 Å². The predicted molar refractivity (Wildman–Crippen MR) is 168 cm³/mol. The molecule has 1 fully saturated rings. The zero-order valence-corrected chi connectivity index (χ0v) is 26.0. The van der Waals surface area contributed by atoms with Crippen molar-refractivity contribution >= 4 is 21.8 Å². The molecule has 0 aliphatic carbocycles. The molecule has 3 aromatic carbocycles. The van der Waals surface area contributed by atoms with E-state index in [1.54, 1.807) is 42.5 Å². The van der Waals surface area contributed by atoms with Gasteiger partial charge in [0.1, 0.15) is 5.75 Å². The molecule has 1 aliphatic heterocycles. The maximum Gasteiger partial charge on any atom is 0.253 e. The van der Waals surface area contributed by atoms with Crippen molar-refractivity contribution in [3.63, 3.8) is 0 Å². The van der Waals surface area contributed by atoms with Crippen LogP contribution in [0.2, 0.25) is 0 Å². The van der Waals surface area contributed by atoms with Crippen molar-refractivity contribution in [2.24, 2.45) is 0 Å². The molecule has 230 valence electrons. The van der Waals surface area contributed by atoms with Crippen molar-refractivity contribution in [2.75, 3.05) is 32.8 Å². The van der Waals surface area contributed by atoms with E-state index in [1.165, 1.54) is 4.31 Å². The van der Waals surface area contributed by atoms with Gasteiger partial charge in [0.15, 0.2) is 0 Å². The van der Waals surface area contributed by atoms with Gasteiger partial charge in [0.05, 0.1) is 18.0 Å². The van der Waals surface area contributed by atoms with Gasteiger partial charge in [0.25, 0.3) is 5.91 Å². The summed E-state index contributed by atoms with van der Waals surface area (Å²) in [5.74, 6) is 0.480. The van der Waals surface area contributed by atoms with Crippen molar-refractivity contribution < 1.29 is 22.7 Å². The van der Waals surface area contributed by atoms with Crippen molar-refractivity contribution in [1.29, 1.82) is 0 Å². The molecule has 9 heteroatoms. The molecular formula is C34H43N3O5S. The molecule has 0 atom stereocenters. The van der Waals surface area contributed by atoms with E-state index in [2.05, 4.69) is 6.92 Å². The highest BCUT2D eigenvalue weighted by Crippen LogP contribution is 2.23. The highest BCUT2D eigenvalue weighted by molar-refractivity contribution is 7.89. The van der Waals surface area contributed by atoms with Gasteiger partial charge in [-0.1, -0.05) is 68.8 Å². The summed E-state index contributed by atoms with van der Waals surface area (Å²) in [6.07, 6.45) is 3.86. The second-order valence-corrected chi connectivity index (χ2v) is 12.8. The van der Waals surface area contributed by atoms with Gasteiger partial charge in [-0.25, -0.2) is 8.42 Å². The Morgan fingerprint density at radius 1 is 0.860 bits per heavy atom. The lowest BCUT2D eigenvalue weighted by Crippen LogP contribution is -2.51. The number of hydrogen-bond donors (Lipinski definition) is 0. The van der Waals surface area contributed by atoms with Gasteiger partial charge in [-0.3, -0.25) is 9.59 Å². The minimum atomic E-state index is -3.83. The third kappa shape index (κ3) is 8.67. The molecule has 0 spiro atoms. The molecule has 4 rings (SSSR count). The minimum absolute atomic E-state index is 0.0393. The fraction of sp³-hybridized carbons (Fsp3) is 0.412. The summed E-state index contributed by atoms with van der Waals surface area (Å²) in [5.41, 5.74) is 1.59. The van der Waals surface area contributed by atoms with Gasteiger partial charge in [0.2, 0.25) is 15.9 Å². The third-order valence-electron chi connectivity index (χ3n) is 7.74. The zero-order chi connectivity index (χ0) is 30.7. The lowest BCUT2D eigenvalue weighted by Gasteiger charge is -2.39. The van der Waals surface area contributed by atoms with E-state index in [9.17, 15) is 18.0 Å². The van der Waals surface area contributed by atoms with Crippen LogP contribution in [0.4, 0.5) is 0 Å². The van der Waals surface area contributed by atoms with Gasteiger partial charge in [-0.15, -0.1) is 0 Å². The Labute approximate surface area is 256 Å². The fourth-order valence-corrected chi connectivity index (χ4v) is 6.81. The number of unbranched alkanes of at least 4 members (excludes halogenated alkanes) is 1. The standard InChI is InChI=1S/C34H43N3O5S/c1-3-5-25-42-31-18-16-29(17-19-31)34(39)35-23-20-30(21-24-35)37(26-28-12-8-6-9-13-28)33(38)27-36(22-4-2)43(40,41)32-14-10-7-11-15-32/h6-19,30H,3-5,20-27H2,1-2H3. The smallest absolute Gasteiger partial charge is 0.253 e. The molecule has 0 unspecified atom stereocenters. The van der Waals surface area contributed by atoms with Crippen LogP contribution in [0.15, 0.2) is 89.8 Å². The summed E-state index contributed by atoms with van der Waals surface area (Å²) in [7, 11) is -3.83. The Balaban J connectivity index is 1.45. The van der Waals surface area contributed by atoms with E-state index in [4.69, 9.17) is 4.74 Å². The maximum atomic E-state index is 13.9. The summed E-state index contributed by atoms with van der Waals surface area (Å²) in [5, 5.41) is 0. The van der Waals surface area contributed by atoms with Crippen LogP contribution < -0.4 is 4.74 Å². The summed E-state index contributed by atoms with van der Waals surface area (Å²) >= 11 is 0. The number of carbonyl (C=O) groups excluding carboxylic acids is 2. The first-order chi connectivity index (χ1) is 20.8. The minimum Gasteiger partial charge on any atom is -0.494 e. The van der Waals surface area contributed by atoms with Gasteiger partial charge < -0.3 is 14.5 Å². The SMILES string of the molecule is CCCCOc1ccc(C(=O)N2CCC(N(Cc3ccccc3)C(=O)CN(CCC)S(=O)(=O)c3ccccc3)CC2)cc1. The van der Waals surface area contributed by atoms with Crippen molar-refractivity contribution in [3.8, 4) is 5.75 Å². The summed E-state index contributed by atoms with van der Waals surface area (Å²) in [4.78, 5) is 31.0. The summed E-state index contributed by atoms with van der Waals surface area (Å²) < 4.78 is 33.9. The summed E-state index contributed by atoms with van der Waals surface area (Å²) in [6, 6.07) is 25.2. The Morgan fingerprint density at radius 2 is 1.49 bits per heavy atom. The number of carbonyl (C=O) groups is 2. The largest absolute Gasteiger partial charge is 0.494 e. The Morgan fingerprint density at radius 3 is 2.09 bits per heavy atom. The average molecular weight is 606 g/mol. The topological polar surface area (TPSA) is 87.2 Å². The van der Waals surface area contributed by atoms with E-state index in [-0.39, 0.29) is 35.8 Å². The molecule has 0 saturated carbocycles. The predicted octanol–water partition coefficient (Wildman–Crippen LogP) is 5.60. The van der Waals surface area contributed by atoms with Gasteiger partial charge in [-0.05, 0) is 67.6 Å². The van der Waals surface area contributed by atoms with Crippen LogP contribution in [0.25, 0.3) is 0 Å². The van der Waals surface area contributed by atoms with Crippen LogP contribution >= 0.6 is 0 Å². The van der Waals surface area contributed by atoms with Gasteiger partial charge >= 0.3 is 0 Å². The highest BCUT2D eigenvalue weighted by atomic mass is 32.2. The second kappa shape index (κ2) is 15.7. The molecule has 8 nitrogen and oxygen atoms in total. The number of ether oxygens (including phenoxy) is 1. The lowest BCUT2D eigenvalue weighted by molar-refractivity contribution is -0.135. The van der Waals surface area contributed by atoms with Crippen molar-refractivity contribution in [2.45, 2.75) is 63.4 Å². The van der Waals surface area contributed by atoms with E-state index in [1.807, 2.05) is 59.2 Å². The van der Waals surface area contributed by atoms with Gasteiger partial charge in [0, 0.05) is 37.8 Å². The Hall–Kier alpha value is -3.69. The number of hydrogen-bond acceptors (Lipinski definition) is 5. The average Bonchev–Trinajstić information content (AvgIpc) is 3.04. The summed E-state index contributed by atoms with van der Waals surface area (Å²) in [6.45, 7) is 6.09. The fourth-order valence-electron chi connectivity index (χ4n) is 5.31. The molecule has 1 heterocycles. The van der Waals surface area contributed by atoms with Crippen molar-refractivity contribution in [3.05, 3.63) is 96.1 Å². The van der Waals surface area contributed by atoms with Crippen LogP contribution in [0.1, 0.15) is 61.9 Å². The molecule has 0 bridgehead atoms. The van der Waals surface area contributed by atoms with E-state index >= 15 is 0 Å². The first-order valence-corrected chi connectivity index (χ1v) is 16.7. The molecule has 3 aromatic rings. The van der Waals surface area contributed by atoms with Crippen LogP contribution in [-0.2, 0) is 21.4 Å². The van der Waals surface area contributed by atoms with Crippen molar-refractivity contribution in [1.82, 2.24) is 14.1 Å².